The van der Waals surface area contributed by atoms with Crippen LogP contribution in [0.2, 0.25) is 0 Å². The summed E-state index contributed by atoms with van der Waals surface area (Å²) >= 11 is 0. The number of carboxylic acid groups (broad SMARTS) is 1. The molecule has 2 aliphatic carbocycles. The maximum absolute atomic E-state index is 12.4. The van der Waals surface area contributed by atoms with Gasteiger partial charge in [0.05, 0.1) is 6.10 Å². The van der Waals surface area contributed by atoms with Gasteiger partial charge in [-0.1, -0.05) is 39.0 Å². The van der Waals surface area contributed by atoms with E-state index in [0.717, 1.165) is 38.5 Å². The van der Waals surface area contributed by atoms with Gasteiger partial charge in [-0.05, 0) is 32.1 Å². The standard InChI is InChI=1S/C16H27NO4/c1-2-13(21-12-8-4-3-5-9-12)14(18)17-16(15(19)20)10-6-7-11-16/h12-13H,2-11H2,1H3,(H,17,18)(H,19,20). The van der Waals surface area contributed by atoms with Crippen LogP contribution in [-0.2, 0) is 14.3 Å². The summed E-state index contributed by atoms with van der Waals surface area (Å²) in [6, 6.07) is 0. The number of aliphatic carboxylic acids is 1. The zero-order valence-electron chi connectivity index (χ0n) is 12.9. The summed E-state index contributed by atoms with van der Waals surface area (Å²) in [5.74, 6) is -1.17. The smallest absolute Gasteiger partial charge is 0.329 e. The molecule has 1 atom stereocenters. The van der Waals surface area contributed by atoms with Crippen molar-refractivity contribution >= 4 is 11.9 Å². The van der Waals surface area contributed by atoms with E-state index >= 15 is 0 Å². The molecule has 2 rings (SSSR count). The fraction of sp³-hybridized carbons (Fsp3) is 0.875. The van der Waals surface area contributed by atoms with E-state index in [2.05, 4.69) is 5.32 Å². The van der Waals surface area contributed by atoms with Gasteiger partial charge in [0.2, 0.25) is 5.91 Å². The van der Waals surface area contributed by atoms with Crippen molar-refractivity contribution in [1.29, 1.82) is 0 Å². The third-order valence-electron chi connectivity index (χ3n) is 4.80. The Balaban J connectivity index is 1.94. The van der Waals surface area contributed by atoms with E-state index in [4.69, 9.17) is 4.74 Å². The highest BCUT2D eigenvalue weighted by Crippen LogP contribution is 2.30. The molecule has 5 heteroatoms. The van der Waals surface area contributed by atoms with E-state index in [1.54, 1.807) is 0 Å². The van der Waals surface area contributed by atoms with Gasteiger partial charge in [-0.15, -0.1) is 0 Å². The van der Waals surface area contributed by atoms with Crippen molar-refractivity contribution in [2.75, 3.05) is 0 Å². The van der Waals surface area contributed by atoms with E-state index in [1.165, 1.54) is 6.42 Å². The highest BCUT2D eigenvalue weighted by atomic mass is 16.5. The molecule has 2 saturated carbocycles. The number of carboxylic acids is 1. The highest BCUT2D eigenvalue weighted by molar-refractivity contribution is 5.89. The topological polar surface area (TPSA) is 75.6 Å². The van der Waals surface area contributed by atoms with Gasteiger partial charge in [0.25, 0.3) is 0 Å². The minimum absolute atomic E-state index is 0.152. The van der Waals surface area contributed by atoms with E-state index in [0.29, 0.717) is 19.3 Å². The molecule has 0 aromatic heterocycles. The summed E-state index contributed by atoms with van der Waals surface area (Å²) < 4.78 is 5.93. The van der Waals surface area contributed by atoms with Crippen LogP contribution < -0.4 is 5.32 Å². The number of amides is 1. The molecule has 2 aliphatic rings. The summed E-state index contributed by atoms with van der Waals surface area (Å²) in [7, 11) is 0. The van der Waals surface area contributed by atoms with Gasteiger partial charge in [0, 0.05) is 0 Å². The number of hydrogen-bond acceptors (Lipinski definition) is 3. The second-order valence-corrected chi connectivity index (χ2v) is 6.38. The van der Waals surface area contributed by atoms with Crippen LogP contribution in [0.3, 0.4) is 0 Å². The Morgan fingerprint density at radius 2 is 1.81 bits per heavy atom. The number of nitrogens with one attached hydrogen (secondary N) is 1. The summed E-state index contributed by atoms with van der Waals surface area (Å²) in [5, 5.41) is 12.2. The molecule has 0 spiro atoms. The first-order valence-corrected chi connectivity index (χ1v) is 8.28. The number of ether oxygens (including phenoxy) is 1. The molecular formula is C16H27NO4. The summed E-state index contributed by atoms with van der Waals surface area (Å²) in [6.07, 6.45) is 8.53. The molecule has 0 saturated heterocycles. The van der Waals surface area contributed by atoms with Crippen LogP contribution in [-0.4, -0.2) is 34.7 Å². The molecule has 0 bridgehead atoms. The first-order valence-electron chi connectivity index (χ1n) is 8.28. The van der Waals surface area contributed by atoms with Gasteiger partial charge in [-0.2, -0.15) is 0 Å². The summed E-state index contributed by atoms with van der Waals surface area (Å²) in [6.45, 7) is 1.91. The van der Waals surface area contributed by atoms with Crippen molar-refractivity contribution in [2.45, 2.75) is 88.9 Å². The second kappa shape index (κ2) is 7.25. The normalized spacial score (nSPS) is 23.7. The first kappa shape index (κ1) is 16.3. The van der Waals surface area contributed by atoms with Crippen LogP contribution >= 0.6 is 0 Å². The fourth-order valence-corrected chi connectivity index (χ4v) is 3.46. The predicted molar refractivity (Wildman–Crippen MR) is 79.0 cm³/mol. The number of carbonyl (C=O) groups excluding carboxylic acids is 1. The van der Waals surface area contributed by atoms with Gasteiger partial charge in [0.15, 0.2) is 0 Å². The van der Waals surface area contributed by atoms with Crippen molar-refractivity contribution in [1.82, 2.24) is 5.32 Å². The van der Waals surface area contributed by atoms with Crippen molar-refractivity contribution < 1.29 is 19.4 Å². The number of carbonyl (C=O) groups is 2. The molecule has 1 amide bonds. The lowest BCUT2D eigenvalue weighted by molar-refractivity contribution is -0.151. The molecule has 2 fully saturated rings. The van der Waals surface area contributed by atoms with Crippen LogP contribution in [0.1, 0.15) is 71.1 Å². The van der Waals surface area contributed by atoms with Crippen LogP contribution in [0.25, 0.3) is 0 Å². The maximum atomic E-state index is 12.4. The Morgan fingerprint density at radius 1 is 1.19 bits per heavy atom. The highest BCUT2D eigenvalue weighted by Gasteiger charge is 2.43. The van der Waals surface area contributed by atoms with E-state index < -0.39 is 17.6 Å². The van der Waals surface area contributed by atoms with Gasteiger partial charge in [-0.3, -0.25) is 4.79 Å². The molecule has 0 radical (unpaired) electrons. The molecule has 1 unspecified atom stereocenters. The Morgan fingerprint density at radius 3 is 2.33 bits per heavy atom. The fourth-order valence-electron chi connectivity index (χ4n) is 3.46. The molecule has 0 aromatic carbocycles. The summed E-state index contributed by atoms with van der Waals surface area (Å²) in [4.78, 5) is 23.9. The molecule has 5 nitrogen and oxygen atoms in total. The molecule has 0 aromatic rings. The minimum Gasteiger partial charge on any atom is -0.480 e. The Bertz CT molecular complexity index is 370. The Hall–Kier alpha value is -1.10. The molecule has 21 heavy (non-hydrogen) atoms. The Labute approximate surface area is 126 Å². The van der Waals surface area contributed by atoms with Crippen molar-refractivity contribution in [3.05, 3.63) is 0 Å². The zero-order valence-corrected chi connectivity index (χ0v) is 12.9. The quantitative estimate of drug-likeness (QED) is 0.790. The average Bonchev–Trinajstić information content (AvgIpc) is 2.95. The monoisotopic (exact) mass is 297 g/mol. The third-order valence-corrected chi connectivity index (χ3v) is 4.80. The SMILES string of the molecule is CCC(OC1CCCCC1)C(=O)NC1(C(=O)O)CCCC1. The van der Waals surface area contributed by atoms with Crippen molar-refractivity contribution in [3.8, 4) is 0 Å². The lowest BCUT2D eigenvalue weighted by Crippen LogP contribution is -2.55. The largest absolute Gasteiger partial charge is 0.480 e. The van der Waals surface area contributed by atoms with Gasteiger partial charge >= 0.3 is 5.97 Å². The molecule has 120 valence electrons. The molecular weight excluding hydrogens is 270 g/mol. The third kappa shape index (κ3) is 3.96. The van der Waals surface area contributed by atoms with E-state index in [-0.39, 0.29) is 12.0 Å². The van der Waals surface area contributed by atoms with Crippen LogP contribution in [0.4, 0.5) is 0 Å². The molecule has 0 aliphatic heterocycles. The Kier molecular flexibility index (Phi) is 5.62. The maximum Gasteiger partial charge on any atom is 0.329 e. The van der Waals surface area contributed by atoms with Crippen molar-refractivity contribution in [3.63, 3.8) is 0 Å². The first-order chi connectivity index (χ1) is 10.1. The molecule has 0 heterocycles. The van der Waals surface area contributed by atoms with Crippen molar-refractivity contribution in [2.24, 2.45) is 0 Å². The second-order valence-electron chi connectivity index (χ2n) is 6.38. The van der Waals surface area contributed by atoms with E-state index in [1.807, 2.05) is 6.92 Å². The van der Waals surface area contributed by atoms with Gasteiger partial charge in [-0.25, -0.2) is 4.79 Å². The average molecular weight is 297 g/mol. The number of hydrogen-bond donors (Lipinski definition) is 2. The number of rotatable bonds is 6. The van der Waals surface area contributed by atoms with Crippen LogP contribution in [0.15, 0.2) is 0 Å². The predicted octanol–water partition coefficient (Wildman–Crippen LogP) is 2.63. The lowest BCUT2D eigenvalue weighted by Gasteiger charge is -2.30. The minimum atomic E-state index is -1.07. The van der Waals surface area contributed by atoms with E-state index in [9.17, 15) is 14.7 Å². The summed E-state index contributed by atoms with van der Waals surface area (Å²) in [5.41, 5.74) is -1.07. The van der Waals surface area contributed by atoms with Crippen LogP contribution in [0.5, 0.6) is 0 Å². The van der Waals surface area contributed by atoms with Gasteiger partial charge < -0.3 is 15.2 Å². The zero-order chi connectivity index (χ0) is 15.3. The molecule has 2 N–H and O–H groups in total. The van der Waals surface area contributed by atoms with Gasteiger partial charge in [0.1, 0.15) is 11.6 Å². The van der Waals surface area contributed by atoms with Crippen LogP contribution in [0, 0.1) is 0 Å². The lowest BCUT2D eigenvalue weighted by atomic mass is 9.96.